The summed E-state index contributed by atoms with van der Waals surface area (Å²) in [6.45, 7) is 6.26. The van der Waals surface area contributed by atoms with Crippen LogP contribution < -0.4 is 0 Å². The maximum atomic E-state index is 11.5. The van der Waals surface area contributed by atoms with Crippen LogP contribution in [0, 0.1) is 16.7 Å². The molecule has 0 radical (unpaired) electrons. The van der Waals surface area contributed by atoms with E-state index in [1.807, 2.05) is 6.92 Å². The number of fused-ring (bicyclic) bond motifs is 2. The lowest BCUT2D eigenvalue weighted by atomic mass is 9.70. The number of hydrogen-bond donors (Lipinski definition) is 1. The maximum absolute atomic E-state index is 11.5. The molecular weight excluding hydrogens is 152 g/mol. The van der Waals surface area contributed by atoms with Crippen LogP contribution in [-0.2, 0) is 4.79 Å². The highest BCUT2D eigenvalue weighted by Gasteiger charge is 2.65. The number of carbonyl (C=O) groups is 1. The van der Waals surface area contributed by atoms with Gasteiger partial charge < -0.3 is 5.11 Å². The Morgan fingerprint density at radius 1 is 1.42 bits per heavy atom. The lowest BCUT2D eigenvalue weighted by Gasteiger charge is -2.35. The molecule has 12 heavy (non-hydrogen) atoms. The molecule has 2 bridgehead atoms. The van der Waals surface area contributed by atoms with Crippen molar-refractivity contribution < 1.29 is 9.90 Å². The summed E-state index contributed by atoms with van der Waals surface area (Å²) >= 11 is 0. The molecular formula is C10H16O2. The summed E-state index contributed by atoms with van der Waals surface area (Å²) in [4.78, 5) is 11.5. The van der Waals surface area contributed by atoms with E-state index in [2.05, 4.69) is 13.8 Å². The molecule has 3 atom stereocenters. The Labute approximate surface area is 73.0 Å². The Bertz CT molecular complexity index is 244. The topological polar surface area (TPSA) is 37.3 Å². The van der Waals surface area contributed by atoms with E-state index in [1.165, 1.54) is 0 Å². The second-order valence-corrected chi connectivity index (χ2v) is 5.04. The normalized spacial score (nSPS) is 50.2. The molecule has 0 aromatic rings. The summed E-state index contributed by atoms with van der Waals surface area (Å²) in [6.07, 6.45) is 1.27. The van der Waals surface area contributed by atoms with Crippen LogP contribution in [0.5, 0.6) is 0 Å². The Balaban J connectivity index is 2.50. The first kappa shape index (κ1) is 8.24. The van der Waals surface area contributed by atoms with E-state index >= 15 is 0 Å². The fourth-order valence-corrected chi connectivity index (χ4v) is 3.02. The summed E-state index contributed by atoms with van der Waals surface area (Å²) < 4.78 is 0. The molecule has 0 unspecified atom stereocenters. The Hall–Kier alpha value is -0.370. The highest BCUT2D eigenvalue weighted by molar-refractivity contribution is 5.90. The number of ketones is 1. The van der Waals surface area contributed by atoms with Crippen LogP contribution >= 0.6 is 0 Å². The number of hydrogen-bond acceptors (Lipinski definition) is 2. The second kappa shape index (κ2) is 1.92. The molecule has 0 heterocycles. The first-order valence-electron chi connectivity index (χ1n) is 4.63. The minimum atomic E-state index is -0.703. The van der Waals surface area contributed by atoms with Crippen LogP contribution in [0.25, 0.3) is 0 Å². The molecule has 2 saturated carbocycles. The molecule has 2 aliphatic carbocycles. The van der Waals surface area contributed by atoms with Gasteiger partial charge >= 0.3 is 0 Å². The largest absolute Gasteiger partial charge is 0.385 e. The van der Waals surface area contributed by atoms with E-state index in [0.29, 0.717) is 0 Å². The minimum absolute atomic E-state index is 0.00347. The van der Waals surface area contributed by atoms with Gasteiger partial charge in [-0.25, -0.2) is 0 Å². The van der Waals surface area contributed by atoms with Gasteiger partial charge in [0.1, 0.15) is 6.10 Å². The van der Waals surface area contributed by atoms with E-state index in [1.54, 1.807) is 0 Å². The smallest absolute Gasteiger partial charge is 0.165 e. The Kier molecular flexibility index (Phi) is 1.32. The first-order valence-corrected chi connectivity index (χ1v) is 4.63. The molecule has 0 aromatic heterocycles. The molecule has 2 nitrogen and oxygen atoms in total. The molecule has 0 amide bonds. The van der Waals surface area contributed by atoms with Gasteiger partial charge in [0, 0.05) is 11.3 Å². The molecule has 2 rings (SSSR count). The molecule has 2 fully saturated rings. The van der Waals surface area contributed by atoms with Crippen molar-refractivity contribution in [1.82, 2.24) is 0 Å². The molecule has 2 aliphatic rings. The van der Waals surface area contributed by atoms with Gasteiger partial charge in [-0.15, -0.1) is 0 Å². The predicted molar refractivity (Wildman–Crippen MR) is 45.6 cm³/mol. The molecule has 0 saturated heterocycles. The quantitative estimate of drug-likeness (QED) is 0.593. The Morgan fingerprint density at radius 3 is 2.25 bits per heavy atom. The lowest BCUT2D eigenvalue weighted by Crippen LogP contribution is -2.37. The zero-order chi connectivity index (χ0) is 9.15. The fourth-order valence-electron chi connectivity index (χ4n) is 3.02. The van der Waals surface area contributed by atoms with E-state index in [9.17, 15) is 9.90 Å². The highest BCUT2D eigenvalue weighted by atomic mass is 16.3. The molecule has 0 aliphatic heterocycles. The number of Topliss-reactive ketones (excluding diaryl/α,β-unsaturated/α-hetero) is 1. The third-order valence-corrected chi connectivity index (χ3v) is 4.51. The fraction of sp³-hybridized carbons (Fsp3) is 0.900. The van der Waals surface area contributed by atoms with Gasteiger partial charge in [-0.05, 0) is 18.3 Å². The summed E-state index contributed by atoms with van der Waals surface area (Å²) in [7, 11) is 0. The monoisotopic (exact) mass is 168 g/mol. The summed E-state index contributed by atoms with van der Waals surface area (Å²) in [5.74, 6) is 0.186. The van der Waals surface area contributed by atoms with Crippen molar-refractivity contribution in [2.75, 3.05) is 0 Å². The average Bonchev–Trinajstić information content (AvgIpc) is 2.26. The average molecular weight is 168 g/mol. The van der Waals surface area contributed by atoms with Crippen molar-refractivity contribution in [1.29, 1.82) is 0 Å². The minimum Gasteiger partial charge on any atom is -0.385 e. The van der Waals surface area contributed by atoms with Crippen molar-refractivity contribution in [3.05, 3.63) is 0 Å². The van der Waals surface area contributed by atoms with E-state index < -0.39 is 6.10 Å². The SMILES string of the molecule is CC1(C)[C@@H]2CC[C@]1(C)[C@H](O)C2=O. The number of aliphatic hydroxyl groups is 1. The summed E-state index contributed by atoms with van der Waals surface area (Å²) in [5.41, 5.74) is -0.155. The van der Waals surface area contributed by atoms with Crippen molar-refractivity contribution in [3.63, 3.8) is 0 Å². The van der Waals surface area contributed by atoms with E-state index in [-0.39, 0.29) is 22.5 Å². The highest BCUT2D eigenvalue weighted by Crippen LogP contribution is 2.63. The summed E-state index contributed by atoms with van der Waals surface area (Å²) in [5, 5.41) is 9.73. The van der Waals surface area contributed by atoms with Crippen molar-refractivity contribution in [2.24, 2.45) is 16.7 Å². The number of aliphatic hydroxyl groups excluding tert-OH is 1. The van der Waals surface area contributed by atoms with Gasteiger partial charge in [0.25, 0.3) is 0 Å². The van der Waals surface area contributed by atoms with Crippen molar-refractivity contribution in [3.8, 4) is 0 Å². The van der Waals surface area contributed by atoms with E-state index in [4.69, 9.17) is 0 Å². The van der Waals surface area contributed by atoms with Gasteiger partial charge in [0.15, 0.2) is 5.78 Å². The van der Waals surface area contributed by atoms with Crippen LogP contribution in [-0.4, -0.2) is 17.0 Å². The second-order valence-electron chi connectivity index (χ2n) is 5.04. The first-order chi connectivity index (χ1) is 5.41. The predicted octanol–water partition coefficient (Wildman–Crippen LogP) is 1.37. The maximum Gasteiger partial charge on any atom is 0.165 e. The van der Waals surface area contributed by atoms with Gasteiger partial charge in [0.05, 0.1) is 0 Å². The third-order valence-electron chi connectivity index (χ3n) is 4.51. The Morgan fingerprint density at radius 2 is 2.00 bits per heavy atom. The zero-order valence-electron chi connectivity index (χ0n) is 7.92. The summed E-state index contributed by atoms with van der Waals surface area (Å²) in [6, 6.07) is 0. The number of carbonyl (C=O) groups excluding carboxylic acids is 1. The van der Waals surface area contributed by atoms with Gasteiger partial charge in [-0.1, -0.05) is 20.8 Å². The molecule has 0 aromatic carbocycles. The van der Waals surface area contributed by atoms with Crippen LogP contribution in [0.15, 0.2) is 0 Å². The van der Waals surface area contributed by atoms with E-state index in [0.717, 1.165) is 12.8 Å². The molecule has 0 spiro atoms. The van der Waals surface area contributed by atoms with Crippen molar-refractivity contribution >= 4 is 5.78 Å². The number of rotatable bonds is 0. The zero-order valence-corrected chi connectivity index (χ0v) is 7.92. The standard InChI is InChI=1S/C10H16O2/c1-9(2)6-4-5-10(9,3)8(12)7(6)11/h6,8,12H,4-5H2,1-3H3/t6-,8-,10-/m1/s1. The van der Waals surface area contributed by atoms with Crippen LogP contribution in [0.4, 0.5) is 0 Å². The lowest BCUT2D eigenvalue weighted by molar-refractivity contribution is -0.132. The van der Waals surface area contributed by atoms with Crippen LogP contribution in [0.1, 0.15) is 33.6 Å². The molecule has 1 N–H and O–H groups in total. The van der Waals surface area contributed by atoms with Gasteiger partial charge in [-0.3, -0.25) is 4.79 Å². The third kappa shape index (κ3) is 0.598. The van der Waals surface area contributed by atoms with Gasteiger partial charge in [0.2, 0.25) is 0 Å². The van der Waals surface area contributed by atoms with Crippen LogP contribution in [0.3, 0.4) is 0 Å². The van der Waals surface area contributed by atoms with Crippen LogP contribution in [0.2, 0.25) is 0 Å². The molecule has 68 valence electrons. The van der Waals surface area contributed by atoms with Crippen molar-refractivity contribution in [2.45, 2.75) is 39.7 Å². The molecule has 2 heteroatoms. The van der Waals surface area contributed by atoms with Gasteiger partial charge in [-0.2, -0.15) is 0 Å².